The summed E-state index contributed by atoms with van der Waals surface area (Å²) in [4.78, 5) is 14.4. The van der Waals surface area contributed by atoms with Gasteiger partial charge in [-0.05, 0) is 6.07 Å². The highest BCUT2D eigenvalue weighted by Crippen LogP contribution is 2.34. The second kappa shape index (κ2) is 4.54. The first-order valence-electron chi connectivity index (χ1n) is 4.80. The molecule has 0 radical (unpaired) electrons. The number of nitrogens with zero attached hydrogens (tertiary/aromatic N) is 3. The summed E-state index contributed by atoms with van der Waals surface area (Å²) in [5.74, 6) is -1.72. The quantitative estimate of drug-likeness (QED) is 0.923. The van der Waals surface area contributed by atoms with Crippen LogP contribution in [0.5, 0.6) is 0 Å². The summed E-state index contributed by atoms with van der Waals surface area (Å²) in [7, 11) is 0. The van der Waals surface area contributed by atoms with Gasteiger partial charge in [-0.1, -0.05) is 11.6 Å². The van der Waals surface area contributed by atoms with Crippen LogP contribution in [0.1, 0.15) is 16.1 Å². The van der Waals surface area contributed by atoms with Crippen LogP contribution in [0.15, 0.2) is 24.7 Å². The number of hydrogen-bond acceptors (Lipinski definition) is 3. The van der Waals surface area contributed by atoms with E-state index in [0.29, 0.717) is 10.9 Å². The molecule has 5 nitrogen and oxygen atoms in total. The molecule has 0 spiro atoms. The third-order valence-corrected chi connectivity index (χ3v) is 2.54. The van der Waals surface area contributed by atoms with Gasteiger partial charge in [0.2, 0.25) is 0 Å². The van der Waals surface area contributed by atoms with Crippen LogP contribution in [0, 0.1) is 0 Å². The minimum absolute atomic E-state index is 0.0759. The molecule has 19 heavy (non-hydrogen) atoms. The van der Waals surface area contributed by atoms with Crippen molar-refractivity contribution in [3.8, 4) is 5.69 Å². The molecular weight excluding hydrogens is 287 g/mol. The second-order valence-electron chi connectivity index (χ2n) is 3.45. The lowest BCUT2D eigenvalue weighted by Gasteiger charge is -2.12. The van der Waals surface area contributed by atoms with Crippen LogP contribution in [0.2, 0.25) is 5.02 Å². The summed E-state index contributed by atoms with van der Waals surface area (Å²) in [6.45, 7) is 0. The molecule has 0 aromatic carbocycles. The summed E-state index contributed by atoms with van der Waals surface area (Å²) in [5, 5.41) is 12.1. The van der Waals surface area contributed by atoms with E-state index in [1.54, 1.807) is 0 Å². The molecule has 9 heteroatoms. The Morgan fingerprint density at radius 3 is 2.58 bits per heavy atom. The first-order chi connectivity index (χ1) is 8.82. The number of aromatic nitrogens is 3. The van der Waals surface area contributed by atoms with Gasteiger partial charge in [0.1, 0.15) is 5.56 Å². The molecular formula is C10H5ClF3N3O2. The number of alkyl halides is 3. The summed E-state index contributed by atoms with van der Waals surface area (Å²) >= 11 is 5.73. The largest absolute Gasteiger partial charge is 0.478 e. The van der Waals surface area contributed by atoms with Gasteiger partial charge >= 0.3 is 12.1 Å². The summed E-state index contributed by atoms with van der Waals surface area (Å²) in [6, 6.07) is 1.20. The fraction of sp³-hybridized carbons (Fsp3) is 0.100. The Kier molecular flexibility index (Phi) is 3.19. The van der Waals surface area contributed by atoms with Crippen molar-refractivity contribution < 1.29 is 23.1 Å². The molecule has 2 aromatic heterocycles. The van der Waals surface area contributed by atoms with Gasteiger partial charge < -0.3 is 5.11 Å². The van der Waals surface area contributed by atoms with Crippen LogP contribution in [-0.2, 0) is 6.18 Å². The normalized spacial score (nSPS) is 11.6. The lowest BCUT2D eigenvalue weighted by Crippen LogP contribution is -2.17. The van der Waals surface area contributed by atoms with Crippen molar-refractivity contribution in [2.45, 2.75) is 6.18 Å². The maximum atomic E-state index is 12.9. The van der Waals surface area contributed by atoms with Crippen LogP contribution in [-0.4, -0.2) is 25.8 Å². The van der Waals surface area contributed by atoms with Gasteiger partial charge in [0.05, 0.1) is 16.9 Å². The van der Waals surface area contributed by atoms with Crippen molar-refractivity contribution in [2.24, 2.45) is 0 Å². The molecule has 0 fully saturated rings. The average molecular weight is 292 g/mol. The molecule has 0 saturated carbocycles. The molecule has 100 valence electrons. The zero-order valence-electron chi connectivity index (χ0n) is 9.02. The predicted octanol–water partition coefficient (Wildman–Crippen LogP) is 2.64. The van der Waals surface area contributed by atoms with E-state index in [2.05, 4.69) is 10.1 Å². The lowest BCUT2D eigenvalue weighted by molar-refractivity contribution is -0.143. The third-order valence-electron chi connectivity index (χ3n) is 2.25. The standard InChI is InChI=1S/C10H5ClF3N3O2/c11-6-4-15-2-1-7(6)17-8(10(12,13)14)5(3-16-17)9(18)19/h1-4H,(H,18,19). The highest BCUT2D eigenvalue weighted by Gasteiger charge is 2.40. The van der Waals surface area contributed by atoms with Gasteiger partial charge in [0.25, 0.3) is 0 Å². The molecule has 1 N–H and O–H groups in total. The minimum atomic E-state index is -4.88. The SMILES string of the molecule is O=C(O)c1cnn(-c2ccncc2Cl)c1C(F)(F)F. The van der Waals surface area contributed by atoms with Crippen LogP contribution < -0.4 is 0 Å². The number of halogens is 4. The number of hydrogen-bond donors (Lipinski definition) is 1. The van der Waals surface area contributed by atoms with Crippen LogP contribution in [0.25, 0.3) is 5.69 Å². The van der Waals surface area contributed by atoms with E-state index in [1.165, 1.54) is 12.3 Å². The molecule has 0 aliphatic heterocycles. The van der Waals surface area contributed by atoms with E-state index in [0.717, 1.165) is 6.20 Å². The van der Waals surface area contributed by atoms with E-state index in [-0.39, 0.29) is 10.7 Å². The Morgan fingerprint density at radius 2 is 2.05 bits per heavy atom. The Bertz CT molecular complexity index is 639. The smallest absolute Gasteiger partial charge is 0.434 e. The number of pyridine rings is 1. The van der Waals surface area contributed by atoms with E-state index in [9.17, 15) is 18.0 Å². The van der Waals surface area contributed by atoms with Gasteiger partial charge in [-0.2, -0.15) is 18.3 Å². The van der Waals surface area contributed by atoms with Crippen molar-refractivity contribution in [2.75, 3.05) is 0 Å². The Morgan fingerprint density at radius 1 is 1.37 bits per heavy atom. The third kappa shape index (κ3) is 2.39. The molecule has 0 aliphatic rings. The summed E-state index contributed by atoms with van der Waals surface area (Å²) in [5.41, 5.74) is -2.44. The van der Waals surface area contributed by atoms with Gasteiger partial charge in [0, 0.05) is 12.4 Å². The van der Waals surface area contributed by atoms with Crippen molar-refractivity contribution >= 4 is 17.6 Å². The number of carbonyl (C=O) groups is 1. The predicted molar refractivity (Wildman–Crippen MR) is 58.3 cm³/mol. The molecule has 0 amide bonds. The maximum Gasteiger partial charge on any atom is 0.434 e. The molecule has 0 bridgehead atoms. The average Bonchev–Trinajstić information content (AvgIpc) is 2.73. The molecule has 2 rings (SSSR count). The first kappa shape index (κ1) is 13.3. The number of carboxylic acid groups (broad SMARTS) is 1. The van der Waals surface area contributed by atoms with E-state index in [4.69, 9.17) is 16.7 Å². The Hall–Kier alpha value is -2.09. The summed E-state index contributed by atoms with van der Waals surface area (Å²) < 4.78 is 39.2. The van der Waals surface area contributed by atoms with Gasteiger partial charge in [-0.3, -0.25) is 4.98 Å². The molecule has 0 unspecified atom stereocenters. The number of rotatable bonds is 2. The lowest BCUT2D eigenvalue weighted by atomic mass is 10.2. The van der Waals surface area contributed by atoms with Gasteiger partial charge in [-0.25, -0.2) is 9.48 Å². The fourth-order valence-electron chi connectivity index (χ4n) is 1.50. The zero-order chi connectivity index (χ0) is 14.2. The zero-order valence-corrected chi connectivity index (χ0v) is 9.77. The number of aromatic carboxylic acids is 1. The van der Waals surface area contributed by atoms with Crippen molar-refractivity contribution in [3.63, 3.8) is 0 Å². The fourth-order valence-corrected chi connectivity index (χ4v) is 1.70. The first-order valence-corrected chi connectivity index (χ1v) is 5.18. The van der Waals surface area contributed by atoms with Crippen molar-refractivity contribution in [3.05, 3.63) is 40.9 Å². The Labute approximate surface area is 109 Å². The summed E-state index contributed by atoms with van der Waals surface area (Å²) in [6.07, 6.45) is -1.89. The second-order valence-corrected chi connectivity index (χ2v) is 3.86. The molecule has 0 saturated heterocycles. The van der Waals surface area contributed by atoms with Crippen LogP contribution >= 0.6 is 11.6 Å². The van der Waals surface area contributed by atoms with Gasteiger partial charge in [0.15, 0.2) is 5.69 Å². The van der Waals surface area contributed by atoms with Crippen LogP contribution in [0.4, 0.5) is 13.2 Å². The van der Waals surface area contributed by atoms with Gasteiger partial charge in [-0.15, -0.1) is 0 Å². The highest BCUT2D eigenvalue weighted by atomic mass is 35.5. The van der Waals surface area contributed by atoms with Crippen molar-refractivity contribution in [1.82, 2.24) is 14.8 Å². The maximum absolute atomic E-state index is 12.9. The Balaban J connectivity index is 2.73. The monoisotopic (exact) mass is 291 g/mol. The van der Waals surface area contributed by atoms with E-state index < -0.39 is 23.4 Å². The molecule has 0 atom stereocenters. The molecule has 2 aromatic rings. The van der Waals surface area contributed by atoms with E-state index in [1.807, 2.05) is 0 Å². The molecule has 2 heterocycles. The van der Waals surface area contributed by atoms with Crippen molar-refractivity contribution in [1.29, 1.82) is 0 Å². The van der Waals surface area contributed by atoms with Crippen LogP contribution in [0.3, 0.4) is 0 Å². The molecule has 0 aliphatic carbocycles. The minimum Gasteiger partial charge on any atom is -0.478 e. The topological polar surface area (TPSA) is 68.0 Å². The number of carboxylic acids is 1. The van der Waals surface area contributed by atoms with E-state index >= 15 is 0 Å². The highest BCUT2D eigenvalue weighted by molar-refractivity contribution is 6.32.